The molecule has 1 N–H and O–H groups in total. The third kappa shape index (κ3) is 7.33. The summed E-state index contributed by atoms with van der Waals surface area (Å²) >= 11 is 7.75. The van der Waals surface area contributed by atoms with Crippen LogP contribution in [0.4, 0.5) is 4.39 Å². The zero-order chi connectivity index (χ0) is 22.1. The van der Waals surface area contributed by atoms with E-state index in [0.29, 0.717) is 17.2 Å². The van der Waals surface area contributed by atoms with Crippen LogP contribution in [0.1, 0.15) is 38.3 Å². The second-order valence-corrected chi connectivity index (χ2v) is 8.71. The van der Waals surface area contributed by atoms with Crippen LogP contribution in [0.5, 0.6) is 0 Å². The van der Waals surface area contributed by atoms with E-state index < -0.39 is 6.04 Å². The second-order valence-electron chi connectivity index (χ2n) is 7.32. The molecule has 0 bridgehead atoms. The van der Waals surface area contributed by atoms with Gasteiger partial charge in [-0.2, -0.15) is 0 Å². The largest absolute Gasteiger partial charge is 0.352 e. The van der Waals surface area contributed by atoms with Gasteiger partial charge in [-0.25, -0.2) is 4.39 Å². The van der Waals surface area contributed by atoms with Crippen molar-refractivity contribution in [3.05, 3.63) is 70.5 Å². The Labute approximate surface area is 187 Å². The van der Waals surface area contributed by atoms with Gasteiger partial charge in [0.05, 0.1) is 5.75 Å². The van der Waals surface area contributed by atoms with Crippen molar-refractivity contribution in [3.63, 3.8) is 0 Å². The van der Waals surface area contributed by atoms with Gasteiger partial charge in [0.25, 0.3) is 0 Å². The summed E-state index contributed by atoms with van der Waals surface area (Å²) in [7, 11) is 0. The van der Waals surface area contributed by atoms with Gasteiger partial charge in [0.2, 0.25) is 11.8 Å². The highest BCUT2D eigenvalue weighted by atomic mass is 35.5. The topological polar surface area (TPSA) is 49.4 Å². The summed E-state index contributed by atoms with van der Waals surface area (Å²) in [6.45, 7) is 5.94. The van der Waals surface area contributed by atoms with Crippen LogP contribution in [-0.4, -0.2) is 34.6 Å². The van der Waals surface area contributed by atoms with Crippen molar-refractivity contribution in [1.82, 2.24) is 10.2 Å². The molecule has 2 aromatic rings. The van der Waals surface area contributed by atoms with Gasteiger partial charge >= 0.3 is 0 Å². The summed E-state index contributed by atoms with van der Waals surface area (Å²) in [5.41, 5.74) is 1.74. The number of thioether (sulfide) groups is 1. The summed E-state index contributed by atoms with van der Waals surface area (Å²) in [6.07, 6.45) is 0.497. The van der Waals surface area contributed by atoms with E-state index in [0.717, 1.165) is 11.1 Å². The highest BCUT2D eigenvalue weighted by molar-refractivity contribution is 7.99. The van der Waals surface area contributed by atoms with Gasteiger partial charge in [0.15, 0.2) is 0 Å². The Morgan fingerprint density at radius 2 is 1.80 bits per heavy atom. The van der Waals surface area contributed by atoms with Gasteiger partial charge in [-0.3, -0.25) is 9.59 Å². The first-order chi connectivity index (χ1) is 14.3. The number of nitrogens with zero attached hydrogens (tertiary/aromatic N) is 1. The molecule has 0 heterocycles. The Balaban J connectivity index is 2.13. The maximum atomic E-state index is 13.1. The van der Waals surface area contributed by atoms with Gasteiger partial charge < -0.3 is 10.2 Å². The molecule has 30 heavy (non-hydrogen) atoms. The number of amides is 2. The zero-order valence-corrected chi connectivity index (χ0v) is 19.1. The van der Waals surface area contributed by atoms with Crippen molar-refractivity contribution in [2.24, 2.45) is 0 Å². The molecule has 0 unspecified atom stereocenters. The average molecular weight is 451 g/mol. The fourth-order valence-corrected chi connectivity index (χ4v) is 4.10. The zero-order valence-electron chi connectivity index (χ0n) is 17.5. The number of carbonyl (C=O) groups is 2. The fraction of sp³-hybridized carbons (Fsp3) is 0.391. The first-order valence-corrected chi connectivity index (χ1v) is 11.5. The van der Waals surface area contributed by atoms with E-state index in [1.54, 1.807) is 23.1 Å². The van der Waals surface area contributed by atoms with E-state index in [1.807, 2.05) is 39.0 Å². The van der Waals surface area contributed by atoms with E-state index in [4.69, 9.17) is 11.6 Å². The Morgan fingerprint density at radius 3 is 2.40 bits per heavy atom. The summed E-state index contributed by atoms with van der Waals surface area (Å²) in [5.74, 6) is 0.214. The molecular formula is C23H28ClFN2O2S. The maximum Gasteiger partial charge on any atom is 0.243 e. The lowest BCUT2D eigenvalue weighted by Gasteiger charge is -2.31. The highest BCUT2D eigenvalue weighted by Crippen LogP contribution is 2.21. The molecule has 2 amide bonds. The molecule has 0 radical (unpaired) electrons. The van der Waals surface area contributed by atoms with Crippen LogP contribution in [0.2, 0.25) is 5.02 Å². The van der Waals surface area contributed by atoms with Crippen molar-refractivity contribution in [3.8, 4) is 0 Å². The normalized spacial score (nSPS) is 11.9. The summed E-state index contributed by atoms with van der Waals surface area (Å²) < 4.78 is 13.1. The standard InChI is InChI=1S/C23H28ClFN2O2S/c1-4-21(23(29)26-16(2)3)27(13-18-7-5-6-8-20(18)24)22(28)15-30-14-17-9-11-19(25)12-10-17/h5-12,16,21H,4,13-15H2,1-3H3,(H,26,29)/t21-/m0/s1. The third-order valence-electron chi connectivity index (χ3n) is 4.52. The lowest BCUT2D eigenvalue weighted by Crippen LogP contribution is -2.51. The Bertz CT molecular complexity index is 845. The Hall–Kier alpha value is -2.05. The minimum absolute atomic E-state index is 0.0170. The lowest BCUT2D eigenvalue weighted by molar-refractivity contribution is -0.139. The first-order valence-electron chi connectivity index (χ1n) is 9.97. The smallest absolute Gasteiger partial charge is 0.243 e. The minimum atomic E-state index is -0.581. The van der Waals surface area contributed by atoms with E-state index in [9.17, 15) is 14.0 Å². The number of nitrogens with one attached hydrogen (secondary N) is 1. The molecule has 0 fully saturated rings. The van der Waals surface area contributed by atoms with Crippen LogP contribution in [0.25, 0.3) is 0 Å². The van der Waals surface area contributed by atoms with Crippen LogP contribution < -0.4 is 5.32 Å². The lowest BCUT2D eigenvalue weighted by atomic mass is 10.1. The average Bonchev–Trinajstić information content (AvgIpc) is 2.70. The molecule has 0 saturated carbocycles. The quantitative estimate of drug-likeness (QED) is 0.551. The predicted molar refractivity (Wildman–Crippen MR) is 122 cm³/mol. The fourth-order valence-electron chi connectivity index (χ4n) is 3.03. The van der Waals surface area contributed by atoms with Crippen LogP contribution in [-0.2, 0) is 21.9 Å². The molecule has 0 aliphatic carbocycles. The SMILES string of the molecule is CC[C@@H](C(=O)NC(C)C)N(Cc1ccccc1Cl)C(=O)CSCc1ccc(F)cc1. The first kappa shape index (κ1) is 24.2. The van der Waals surface area contributed by atoms with Gasteiger partial charge in [-0.1, -0.05) is 48.9 Å². The van der Waals surface area contributed by atoms with Crippen molar-refractivity contribution in [1.29, 1.82) is 0 Å². The number of carbonyl (C=O) groups excluding carboxylic acids is 2. The van der Waals surface area contributed by atoms with E-state index in [2.05, 4.69) is 5.32 Å². The number of hydrogen-bond acceptors (Lipinski definition) is 3. The molecular weight excluding hydrogens is 423 g/mol. The molecule has 0 aliphatic heterocycles. The number of hydrogen-bond donors (Lipinski definition) is 1. The predicted octanol–water partition coefficient (Wildman–Crippen LogP) is 5.04. The summed E-state index contributed by atoms with van der Waals surface area (Å²) in [6, 6.07) is 13.0. The molecule has 1 atom stereocenters. The Kier molecular flexibility index (Phi) is 9.66. The molecule has 7 heteroatoms. The van der Waals surface area contributed by atoms with Gasteiger partial charge in [-0.15, -0.1) is 11.8 Å². The minimum Gasteiger partial charge on any atom is -0.352 e. The van der Waals surface area contributed by atoms with Gasteiger partial charge in [0, 0.05) is 23.4 Å². The highest BCUT2D eigenvalue weighted by Gasteiger charge is 2.29. The molecule has 2 aromatic carbocycles. The maximum absolute atomic E-state index is 13.1. The molecule has 0 spiro atoms. The van der Waals surface area contributed by atoms with Crippen LogP contribution in [0.3, 0.4) is 0 Å². The van der Waals surface area contributed by atoms with Gasteiger partial charge in [0.1, 0.15) is 11.9 Å². The van der Waals surface area contributed by atoms with E-state index in [1.165, 1.54) is 23.9 Å². The van der Waals surface area contributed by atoms with Crippen LogP contribution >= 0.6 is 23.4 Å². The van der Waals surface area contributed by atoms with E-state index >= 15 is 0 Å². The molecule has 4 nitrogen and oxygen atoms in total. The van der Waals surface area contributed by atoms with Crippen LogP contribution in [0.15, 0.2) is 48.5 Å². The molecule has 0 aliphatic rings. The van der Waals surface area contributed by atoms with Crippen molar-refractivity contribution in [2.75, 3.05) is 5.75 Å². The van der Waals surface area contributed by atoms with Crippen LogP contribution in [0, 0.1) is 5.82 Å². The monoisotopic (exact) mass is 450 g/mol. The van der Waals surface area contributed by atoms with Crippen molar-refractivity contribution in [2.45, 2.75) is 51.6 Å². The second kappa shape index (κ2) is 12.0. The molecule has 0 aromatic heterocycles. The van der Waals surface area contributed by atoms with Crippen molar-refractivity contribution >= 4 is 35.2 Å². The molecule has 0 saturated heterocycles. The summed E-state index contributed by atoms with van der Waals surface area (Å²) in [4.78, 5) is 27.5. The van der Waals surface area contributed by atoms with Crippen molar-refractivity contribution < 1.29 is 14.0 Å². The Morgan fingerprint density at radius 1 is 1.13 bits per heavy atom. The van der Waals surface area contributed by atoms with Gasteiger partial charge in [-0.05, 0) is 49.6 Å². The molecule has 162 valence electrons. The number of benzene rings is 2. The number of rotatable bonds is 10. The van der Waals surface area contributed by atoms with E-state index in [-0.39, 0.29) is 36.0 Å². The number of halogens is 2. The third-order valence-corrected chi connectivity index (χ3v) is 5.88. The summed E-state index contributed by atoms with van der Waals surface area (Å²) in [5, 5.41) is 3.47. The molecule has 2 rings (SSSR count).